The Hall–Kier alpha value is -0.0800. The van der Waals surface area contributed by atoms with E-state index in [1.54, 1.807) is 0 Å². The zero-order chi connectivity index (χ0) is 8.89. The lowest BCUT2D eigenvalue weighted by molar-refractivity contribution is -0.0624. The highest BCUT2D eigenvalue weighted by Gasteiger charge is 2.57. The van der Waals surface area contributed by atoms with Crippen LogP contribution in [0.2, 0.25) is 0 Å². The molecule has 2 aliphatic carbocycles. The van der Waals surface area contributed by atoms with E-state index in [1.165, 1.54) is 32.1 Å². The molecule has 0 amide bonds. The van der Waals surface area contributed by atoms with Crippen molar-refractivity contribution < 1.29 is 4.74 Å². The predicted octanol–water partition coefficient (Wildman–Crippen LogP) is 1.54. The van der Waals surface area contributed by atoms with Gasteiger partial charge in [0.05, 0.1) is 5.60 Å². The Morgan fingerprint density at radius 2 is 2.23 bits per heavy atom. The standard InChI is InChI=1S/C11H19NO/c12-7-10-3-4-13-11(10)6-8-1-2-9(11)5-8/h8-10H,1-7,12H2. The number of fused-ring (bicyclic) bond motifs is 3. The molecule has 0 aromatic carbocycles. The molecule has 2 N–H and O–H groups in total. The van der Waals surface area contributed by atoms with Crippen LogP contribution >= 0.6 is 0 Å². The molecule has 1 spiro atoms. The van der Waals surface area contributed by atoms with Crippen LogP contribution < -0.4 is 5.73 Å². The summed E-state index contributed by atoms with van der Waals surface area (Å²) in [7, 11) is 0. The van der Waals surface area contributed by atoms with E-state index >= 15 is 0 Å². The van der Waals surface area contributed by atoms with E-state index in [-0.39, 0.29) is 5.60 Å². The smallest absolute Gasteiger partial charge is 0.0754 e. The van der Waals surface area contributed by atoms with Crippen LogP contribution in [0.15, 0.2) is 0 Å². The molecule has 0 radical (unpaired) electrons. The first-order valence-electron chi connectivity index (χ1n) is 5.69. The monoisotopic (exact) mass is 181 g/mol. The fourth-order valence-corrected chi connectivity index (χ4v) is 4.07. The molecule has 1 aliphatic heterocycles. The van der Waals surface area contributed by atoms with Crippen molar-refractivity contribution in [3.05, 3.63) is 0 Å². The van der Waals surface area contributed by atoms with E-state index in [0.29, 0.717) is 5.92 Å². The highest BCUT2D eigenvalue weighted by atomic mass is 16.5. The molecule has 2 heteroatoms. The van der Waals surface area contributed by atoms with Crippen LogP contribution in [0.4, 0.5) is 0 Å². The van der Waals surface area contributed by atoms with Crippen molar-refractivity contribution in [1.29, 1.82) is 0 Å². The average Bonchev–Trinajstić information content (AvgIpc) is 2.80. The summed E-state index contributed by atoms with van der Waals surface area (Å²) < 4.78 is 6.06. The molecule has 2 bridgehead atoms. The molecule has 3 rings (SSSR count). The number of ether oxygens (including phenoxy) is 1. The van der Waals surface area contributed by atoms with E-state index < -0.39 is 0 Å². The van der Waals surface area contributed by atoms with E-state index in [1.807, 2.05) is 0 Å². The van der Waals surface area contributed by atoms with Crippen molar-refractivity contribution in [2.45, 2.75) is 37.7 Å². The van der Waals surface area contributed by atoms with Crippen LogP contribution in [0.5, 0.6) is 0 Å². The van der Waals surface area contributed by atoms with Gasteiger partial charge in [-0.3, -0.25) is 0 Å². The van der Waals surface area contributed by atoms with Gasteiger partial charge >= 0.3 is 0 Å². The number of nitrogens with two attached hydrogens (primary N) is 1. The van der Waals surface area contributed by atoms with Crippen molar-refractivity contribution in [2.24, 2.45) is 23.5 Å². The number of rotatable bonds is 1. The predicted molar refractivity (Wildman–Crippen MR) is 51.3 cm³/mol. The van der Waals surface area contributed by atoms with Gasteiger partial charge in [-0.2, -0.15) is 0 Å². The molecule has 13 heavy (non-hydrogen) atoms. The van der Waals surface area contributed by atoms with Gasteiger partial charge in [0.25, 0.3) is 0 Å². The molecule has 4 atom stereocenters. The summed E-state index contributed by atoms with van der Waals surface area (Å²) in [6, 6.07) is 0. The molecule has 2 saturated carbocycles. The normalized spacial score (nSPS) is 53.8. The van der Waals surface area contributed by atoms with Crippen molar-refractivity contribution in [1.82, 2.24) is 0 Å². The molecule has 2 nitrogen and oxygen atoms in total. The Morgan fingerprint density at radius 1 is 1.31 bits per heavy atom. The van der Waals surface area contributed by atoms with E-state index in [9.17, 15) is 0 Å². The van der Waals surface area contributed by atoms with Gasteiger partial charge in [0.1, 0.15) is 0 Å². The Kier molecular flexibility index (Phi) is 1.72. The van der Waals surface area contributed by atoms with Crippen LogP contribution in [0.1, 0.15) is 32.1 Å². The Bertz CT molecular complexity index is 212. The summed E-state index contributed by atoms with van der Waals surface area (Å²) in [6.45, 7) is 1.80. The van der Waals surface area contributed by atoms with Crippen molar-refractivity contribution >= 4 is 0 Å². The number of hydrogen-bond donors (Lipinski definition) is 1. The van der Waals surface area contributed by atoms with Crippen LogP contribution in [0.3, 0.4) is 0 Å². The summed E-state index contributed by atoms with van der Waals surface area (Å²) in [6.07, 6.45) is 6.81. The fourth-order valence-electron chi connectivity index (χ4n) is 4.07. The van der Waals surface area contributed by atoms with Gasteiger partial charge in [0.2, 0.25) is 0 Å². The molecular weight excluding hydrogens is 162 g/mol. The van der Waals surface area contributed by atoms with Crippen molar-refractivity contribution in [3.63, 3.8) is 0 Å². The highest BCUT2D eigenvalue weighted by molar-refractivity contribution is 5.07. The lowest BCUT2D eigenvalue weighted by Crippen LogP contribution is -2.43. The molecule has 0 aromatic heterocycles. The molecule has 1 saturated heterocycles. The summed E-state index contributed by atoms with van der Waals surface area (Å²) in [4.78, 5) is 0. The van der Waals surface area contributed by atoms with Gasteiger partial charge in [-0.05, 0) is 50.5 Å². The maximum absolute atomic E-state index is 6.06. The Labute approximate surface area is 79.8 Å². The lowest BCUT2D eigenvalue weighted by Gasteiger charge is -2.37. The zero-order valence-electron chi connectivity index (χ0n) is 8.17. The van der Waals surface area contributed by atoms with Crippen molar-refractivity contribution in [3.8, 4) is 0 Å². The van der Waals surface area contributed by atoms with E-state index in [0.717, 1.165) is 25.0 Å². The molecule has 3 aliphatic rings. The quantitative estimate of drug-likeness (QED) is 0.666. The zero-order valence-corrected chi connectivity index (χ0v) is 8.17. The first-order valence-corrected chi connectivity index (χ1v) is 5.69. The van der Waals surface area contributed by atoms with Gasteiger partial charge in [0.15, 0.2) is 0 Å². The molecule has 3 fully saturated rings. The third kappa shape index (κ3) is 0.962. The van der Waals surface area contributed by atoms with Gasteiger partial charge in [0, 0.05) is 12.5 Å². The topological polar surface area (TPSA) is 35.2 Å². The molecule has 74 valence electrons. The SMILES string of the molecule is NCC1CCOC12CC1CCC2C1. The van der Waals surface area contributed by atoms with Crippen LogP contribution in [-0.4, -0.2) is 18.8 Å². The first-order chi connectivity index (χ1) is 6.35. The molecule has 0 aromatic rings. The van der Waals surface area contributed by atoms with E-state index in [2.05, 4.69) is 0 Å². The Morgan fingerprint density at radius 3 is 2.85 bits per heavy atom. The summed E-state index contributed by atoms with van der Waals surface area (Å²) in [5.41, 5.74) is 6.09. The minimum atomic E-state index is 0.248. The third-order valence-corrected chi connectivity index (χ3v) is 4.65. The maximum Gasteiger partial charge on any atom is 0.0754 e. The van der Waals surface area contributed by atoms with E-state index in [4.69, 9.17) is 10.5 Å². The molecule has 1 heterocycles. The Balaban J connectivity index is 1.88. The van der Waals surface area contributed by atoms with Crippen molar-refractivity contribution in [2.75, 3.05) is 13.2 Å². The fraction of sp³-hybridized carbons (Fsp3) is 1.00. The largest absolute Gasteiger partial charge is 0.374 e. The minimum absolute atomic E-state index is 0.248. The van der Waals surface area contributed by atoms with Crippen LogP contribution in [0, 0.1) is 17.8 Å². The van der Waals surface area contributed by atoms with Gasteiger partial charge in [-0.25, -0.2) is 0 Å². The molecule has 4 unspecified atom stereocenters. The summed E-state index contributed by atoms with van der Waals surface area (Å²) in [5.74, 6) is 2.49. The second-order valence-electron chi connectivity index (χ2n) is 5.10. The average molecular weight is 181 g/mol. The second kappa shape index (κ2) is 2.71. The van der Waals surface area contributed by atoms with Gasteiger partial charge in [-0.15, -0.1) is 0 Å². The summed E-state index contributed by atoms with van der Waals surface area (Å²) in [5, 5.41) is 0. The maximum atomic E-state index is 6.06. The van der Waals surface area contributed by atoms with Crippen LogP contribution in [0.25, 0.3) is 0 Å². The van der Waals surface area contributed by atoms with Gasteiger partial charge < -0.3 is 10.5 Å². The highest BCUT2D eigenvalue weighted by Crippen LogP contribution is 2.58. The van der Waals surface area contributed by atoms with Crippen LogP contribution in [-0.2, 0) is 4.74 Å². The first kappa shape index (κ1) is 8.25. The molecular formula is C11H19NO. The number of hydrogen-bond acceptors (Lipinski definition) is 2. The minimum Gasteiger partial charge on any atom is -0.374 e. The van der Waals surface area contributed by atoms with Gasteiger partial charge in [-0.1, -0.05) is 0 Å². The summed E-state index contributed by atoms with van der Waals surface area (Å²) >= 11 is 0. The third-order valence-electron chi connectivity index (χ3n) is 4.65. The lowest BCUT2D eigenvalue weighted by atomic mass is 9.75. The second-order valence-corrected chi connectivity index (χ2v) is 5.10.